The molecule has 0 bridgehead atoms. The van der Waals surface area contributed by atoms with Crippen molar-refractivity contribution in [3.63, 3.8) is 0 Å². The van der Waals surface area contributed by atoms with Gasteiger partial charge < -0.3 is 15.4 Å². The van der Waals surface area contributed by atoms with Crippen molar-refractivity contribution in [3.8, 4) is 5.75 Å². The Morgan fingerprint density at radius 1 is 1.40 bits per heavy atom. The van der Waals surface area contributed by atoms with E-state index in [0.29, 0.717) is 30.4 Å². The fourth-order valence-electron chi connectivity index (χ4n) is 2.35. The Morgan fingerprint density at radius 2 is 2.16 bits per heavy atom. The molecule has 2 N–H and O–H groups in total. The maximum Gasteiger partial charge on any atom is 0.253 e. The van der Waals surface area contributed by atoms with Crippen LogP contribution < -0.4 is 10.5 Å². The average Bonchev–Trinajstić information content (AvgIpc) is 3.02. The summed E-state index contributed by atoms with van der Waals surface area (Å²) in [5.74, 6) is 1.06. The molecule has 1 aromatic carbocycles. The number of nitrogens with zero attached hydrogens (tertiary/aromatic N) is 2. The number of thiazole rings is 1. The number of rotatable bonds is 8. The van der Waals surface area contributed by atoms with Crippen LogP contribution >= 0.6 is 11.3 Å². The molecule has 0 saturated carbocycles. The zero-order valence-corrected chi connectivity index (χ0v) is 16.2. The highest BCUT2D eigenvalue weighted by molar-refractivity contribution is 7.09. The molecule has 5 nitrogen and oxygen atoms in total. The van der Waals surface area contributed by atoms with E-state index < -0.39 is 0 Å². The molecule has 0 spiro atoms. The van der Waals surface area contributed by atoms with Gasteiger partial charge in [-0.3, -0.25) is 4.79 Å². The van der Waals surface area contributed by atoms with E-state index in [4.69, 9.17) is 10.5 Å². The molecule has 1 unspecified atom stereocenters. The lowest BCUT2D eigenvalue weighted by molar-refractivity contribution is 0.0788. The molecule has 0 saturated heterocycles. The van der Waals surface area contributed by atoms with Crippen molar-refractivity contribution in [2.24, 2.45) is 11.7 Å². The van der Waals surface area contributed by atoms with Crippen LogP contribution in [0.5, 0.6) is 5.75 Å². The van der Waals surface area contributed by atoms with Crippen molar-refractivity contribution >= 4 is 17.2 Å². The van der Waals surface area contributed by atoms with Gasteiger partial charge in [-0.25, -0.2) is 4.98 Å². The number of carbonyl (C=O) groups excluding carboxylic acids is 1. The third-order valence-corrected chi connectivity index (χ3v) is 4.96. The summed E-state index contributed by atoms with van der Waals surface area (Å²) in [6.07, 6.45) is 0.791. The zero-order chi connectivity index (χ0) is 18.4. The molecular formula is C19H27N3O2S. The van der Waals surface area contributed by atoms with Crippen LogP contribution in [0.2, 0.25) is 0 Å². The van der Waals surface area contributed by atoms with Crippen molar-refractivity contribution in [3.05, 3.63) is 45.9 Å². The second-order valence-corrected chi connectivity index (χ2v) is 7.66. The van der Waals surface area contributed by atoms with Crippen LogP contribution in [0.3, 0.4) is 0 Å². The number of hydrogen-bond acceptors (Lipinski definition) is 5. The fourth-order valence-corrected chi connectivity index (χ4v) is 2.95. The molecule has 6 heteroatoms. The van der Waals surface area contributed by atoms with Gasteiger partial charge in [0.2, 0.25) is 0 Å². The van der Waals surface area contributed by atoms with Gasteiger partial charge in [-0.05, 0) is 37.5 Å². The number of aromatic nitrogens is 1. The lowest BCUT2D eigenvalue weighted by Crippen LogP contribution is -2.34. The number of carbonyl (C=O) groups is 1. The molecule has 0 aliphatic carbocycles. The fraction of sp³-hybridized carbons (Fsp3) is 0.474. The van der Waals surface area contributed by atoms with Crippen molar-refractivity contribution < 1.29 is 9.53 Å². The minimum atomic E-state index is -0.0223. The summed E-state index contributed by atoms with van der Waals surface area (Å²) in [4.78, 5) is 18.7. The van der Waals surface area contributed by atoms with E-state index in [1.807, 2.05) is 24.4 Å². The Labute approximate surface area is 153 Å². The third-order valence-electron chi connectivity index (χ3n) is 4.14. The number of ether oxygens (including phenoxy) is 1. The van der Waals surface area contributed by atoms with Gasteiger partial charge >= 0.3 is 0 Å². The average molecular weight is 362 g/mol. The molecule has 0 aliphatic heterocycles. The van der Waals surface area contributed by atoms with Gasteiger partial charge in [0.25, 0.3) is 5.91 Å². The van der Waals surface area contributed by atoms with E-state index in [9.17, 15) is 4.79 Å². The van der Waals surface area contributed by atoms with Gasteiger partial charge in [-0.15, -0.1) is 11.3 Å². The summed E-state index contributed by atoms with van der Waals surface area (Å²) < 4.78 is 5.76. The van der Waals surface area contributed by atoms with Gasteiger partial charge in [0.15, 0.2) is 0 Å². The second kappa shape index (κ2) is 8.97. The summed E-state index contributed by atoms with van der Waals surface area (Å²) in [7, 11) is 1.81. The highest BCUT2D eigenvalue weighted by Crippen LogP contribution is 2.17. The Kier molecular flexibility index (Phi) is 6.96. The first-order valence-electron chi connectivity index (χ1n) is 8.51. The standard InChI is InChI=1S/C19H27N3O2S/c1-13(2)18(20)8-9-22(4)19(23)15-6-5-7-17(10-15)24-11-16-12-25-14(3)21-16/h5-7,10,12-13,18H,8-9,11,20H2,1-4H3. The normalized spacial score (nSPS) is 12.2. The predicted octanol–water partition coefficient (Wildman–Crippen LogP) is 3.48. The molecule has 0 radical (unpaired) electrons. The second-order valence-electron chi connectivity index (χ2n) is 6.60. The van der Waals surface area contributed by atoms with Crippen LogP contribution in [-0.4, -0.2) is 35.4 Å². The first-order chi connectivity index (χ1) is 11.9. The van der Waals surface area contributed by atoms with Crippen molar-refractivity contribution in [2.45, 2.75) is 39.8 Å². The van der Waals surface area contributed by atoms with E-state index >= 15 is 0 Å². The zero-order valence-electron chi connectivity index (χ0n) is 15.4. The summed E-state index contributed by atoms with van der Waals surface area (Å²) in [6, 6.07) is 7.38. The largest absolute Gasteiger partial charge is 0.487 e. The molecule has 1 aromatic heterocycles. The Morgan fingerprint density at radius 3 is 2.80 bits per heavy atom. The molecule has 136 valence electrons. The van der Waals surface area contributed by atoms with E-state index in [0.717, 1.165) is 17.1 Å². The number of benzene rings is 1. The maximum atomic E-state index is 12.6. The van der Waals surface area contributed by atoms with Crippen LogP contribution in [0, 0.1) is 12.8 Å². The van der Waals surface area contributed by atoms with Gasteiger partial charge in [0.1, 0.15) is 12.4 Å². The Balaban J connectivity index is 1.93. The van der Waals surface area contributed by atoms with Gasteiger partial charge in [-0.1, -0.05) is 19.9 Å². The molecule has 2 aromatic rings. The Bertz CT molecular complexity index is 699. The molecule has 1 atom stereocenters. The number of hydrogen-bond donors (Lipinski definition) is 1. The van der Waals surface area contributed by atoms with Crippen LogP contribution in [0.15, 0.2) is 29.6 Å². The smallest absolute Gasteiger partial charge is 0.253 e. The molecule has 0 fully saturated rings. The molecule has 1 amide bonds. The molecule has 2 rings (SSSR count). The topological polar surface area (TPSA) is 68.5 Å². The summed E-state index contributed by atoms with van der Waals surface area (Å²) in [5.41, 5.74) is 7.58. The summed E-state index contributed by atoms with van der Waals surface area (Å²) >= 11 is 1.60. The number of nitrogens with two attached hydrogens (primary N) is 1. The predicted molar refractivity (Wildman–Crippen MR) is 102 cm³/mol. The highest BCUT2D eigenvalue weighted by Gasteiger charge is 2.15. The Hall–Kier alpha value is -1.92. The summed E-state index contributed by atoms with van der Waals surface area (Å²) in [5, 5.41) is 3.00. The minimum absolute atomic E-state index is 0.0223. The van der Waals surface area contributed by atoms with Crippen LogP contribution in [0.4, 0.5) is 0 Å². The van der Waals surface area contributed by atoms with Gasteiger partial charge in [-0.2, -0.15) is 0 Å². The minimum Gasteiger partial charge on any atom is -0.487 e. The highest BCUT2D eigenvalue weighted by atomic mass is 32.1. The molecule has 1 heterocycles. The lowest BCUT2D eigenvalue weighted by atomic mass is 10.0. The lowest BCUT2D eigenvalue weighted by Gasteiger charge is -2.21. The molecular weight excluding hydrogens is 334 g/mol. The third kappa shape index (κ3) is 5.83. The van der Waals surface area contributed by atoms with E-state index in [1.54, 1.807) is 35.4 Å². The maximum absolute atomic E-state index is 12.6. The van der Waals surface area contributed by atoms with Crippen LogP contribution in [0.25, 0.3) is 0 Å². The number of aryl methyl sites for hydroxylation is 1. The van der Waals surface area contributed by atoms with Gasteiger partial charge in [0.05, 0.1) is 10.7 Å². The summed E-state index contributed by atoms with van der Waals surface area (Å²) in [6.45, 7) is 7.20. The first kappa shape index (κ1) is 19.4. The van der Waals surface area contributed by atoms with E-state index in [-0.39, 0.29) is 11.9 Å². The molecule has 25 heavy (non-hydrogen) atoms. The first-order valence-corrected chi connectivity index (χ1v) is 9.39. The van der Waals surface area contributed by atoms with Crippen molar-refractivity contribution in [1.29, 1.82) is 0 Å². The number of amides is 1. The van der Waals surface area contributed by atoms with Crippen molar-refractivity contribution in [2.75, 3.05) is 13.6 Å². The SMILES string of the molecule is Cc1nc(COc2cccc(C(=O)N(C)CCC(N)C(C)C)c2)cs1. The van der Waals surface area contributed by atoms with E-state index in [2.05, 4.69) is 18.8 Å². The van der Waals surface area contributed by atoms with Gasteiger partial charge in [0, 0.05) is 30.6 Å². The van der Waals surface area contributed by atoms with E-state index in [1.165, 1.54) is 0 Å². The quantitative estimate of drug-likeness (QED) is 0.782. The molecule has 0 aliphatic rings. The van der Waals surface area contributed by atoms with Crippen LogP contribution in [0.1, 0.15) is 41.3 Å². The monoisotopic (exact) mass is 361 g/mol. The van der Waals surface area contributed by atoms with Crippen molar-refractivity contribution in [1.82, 2.24) is 9.88 Å². The van der Waals surface area contributed by atoms with Crippen LogP contribution in [-0.2, 0) is 6.61 Å².